The number of hydrogen-bond donors (Lipinski definition) is 4. The maximum absolute atomic E-state index is 13.5. The highest BCUT2D eigenvalue weighted by Gasteiger charge is 2.25. The third kappa shape index (κ3) is 6.35. The van der Waals surface area contributed by atoms with Gasteiger partial charge in [0.25, 0.3) is 0 Å². The average molecular weight is 509 g/mol. The molecule has 196 valence electrons. The van der Waals surface area contributed by atoms with Crippen LogP contribution in [0.4, 0.5) is 5.69 Å². The predicted octanol–water partition coefficient (Wildman–Crippen LogP) is 3.48. The van der Waals surface area contributed by atoms with Gasteiger partial charge in [0.2, 0.25) is 11.7 Å². The number of nitrogen functional groups attached to an aromatic ring is 1. The Labute approximate surface area is 216 Å². The number of ether oxygens (including phenoxy) is 5. The second kappa shape index (κ2) is 12.4. The molecule has 1 atom stereocenters. The molecule has 0 spiro atoms. The lowest BCUT2D eigenvalue weighted by Crippen LogP contribution is -2.33. The molecule has 0 saturated heterocycles. The van der Waals surface area contributed by atoms with Crippen LogP contribution in [-0.2, 0) is 11.3 Å². The molecule has 1 amide bonds. The van der Waals surface area contributed by atoms with Crippen LogP contribution in [0.25, 0.3) is 0 Å². The van der Waals surface area contributed by atoms with E-state index in [2.05, 4.69) is 10.6 Å². The molecule has 0 aromatic heterocycles. The number of nitrogens with two attached hydrogens (primary N) is 1. The highest BCUT2D eigenvalue weighted by Crippen LogP contribution is 2.40. The summed E-state index contributed by atoms with van der Waals surface area (Å²) in [5, 5.41) is 13.8. The van der Waals surface area contributed by atoms with E-state index >= 15 is 0 Å². The molecular weight excluding hydrogens is 476 g/mol. The Morgan fingerprint density at radius 3 is 1.92 bits per heavy atom. The zero-order chi connectivity index (χ0) is 26.9. The topological polar surface area (TPSA) is 137 Å². The quantitative estimate of drug-likeness (QED) is 0.216. The molecule has 5 N–H and O–H groups in total. The lowest BCUT2D eigenvalue weighted by atomic mass is 10.0. The zero-order valence-electron chi connectivity index (χ0n) is 21.5. The first kappa shape index (κ1) is 27.0. The molecular formula is C27H32N4O6. The molecule has 0 saturated carbocycles. The van der Waals surface area contributed by atoms with Gasteiger partial charge in [-0.25, -0.2) is 0 Å². The van der Waals surface area contributed by atoms with E-state index in [0.29, 0.717) is 45.6 Å². The first-order chi connectivity index (χ1) is 17.8. The van der Waals surface area contributed by atoms with Crippen LogP contribution in [0.1, 0.15) is 22.7 Å². The lowest BCUT2D eigenvalue weighted by Gasteiger charge is -2.22. The minimum atomic E-state index is -0.822. The monoisotopic (exact) mass is 508 g/mol. The molecule has 0 radical (unpaired) electrons. The molecule has 37 heavy (non-hydrogen) atoms. The van der Waals surface area contributed by atoms with Crippen molar-refractivity contribution in [2.24, 2.45) is 5.73 Å². The van der Waals surface area contributed by atoms with Crippen LogP contribution in [-0.4, -0.2) is 47.3 Å². The summed E-state index contributed by atoms with van der Waals surface area (Å²) < 4.78 is 27.1. The fraction of sp³-hybridized carbons (Fsp3) is 0.259. The van der Waals surface area contributed by atoms with Gasteiger partial charge >= 0.3 is 0 Å². The van der Waals surface area contributed by atoms with Crippen LogP contribution in [0.2, 0.25) is 0 Å². The first-order valence-corrected chi connectivity index (χ1v) is 11.3. The number of hydrogen-bond acceptors (Lipinski definition) is 8. The third-order valence-corrected chi connectivity index (χ3v) is 5.70. The molecule has 0 unspecified atom stereocenters. The van der Waals surface area contributed by atoms with Gasteiger partial charge in [-0.2, -0.15) is 0 Å². The highest BCUT2D eigenvalue weighted by atomic mass is 16.5. The van der Waals surface area contributed by atoms with Gasteiger partial charge < -0.3 is 40.1 Å². The van der Waals surface area contributed by atoms with E-state index in [1.165, 1.54) is 21.3 Å². The summed E-state index contributed by atoms with van der Waals surface area (Å²) in [5.41, 5.74) is 8.23. The van der Waals surface area contributed by atoms with Crippen molar-refractivity contribution in [3.05, 3.63) is 71.3 Å². The van der Waals surface area contributed by atoms with Crippen molar-refractivity contribution in [1.82, 2.24) is 5.32 Å². The Hall–Kier alpha value is -4.60. The summed E-state index contributed by atoms with van der Waals surface area (Å²) in [6.07, 6.45) is 0. The lowest BCUT2D eigenvalue weighted by molar-refractivity contribution is -0.122. The van der Waals surface area contributed by atoms with E-state index in [1.807, 2.05) is 12.1 Å². The van der Waals surface area contributed by atoms with E-state index in [-0.39, 0.29) is 18.3 Å². The van der Waals surface area contributed by atoms with Gasteiger partial charge in [0, 0.05) is 17.8 Å². The zero-order valence-corrected chi connectivity index (χ0v) is 21.5. The number of amides is 1. The van der Waals surface area contributed by atoms with Gasteiger partial charge in [-0.1, -0.05) is 6.07 Å². The van der Waals surface area contributed by atoms with Gasteiger partial charge in [-0.3, -0.25) is 10.2 Å². The Balaban J connectivity index is 1.94. The Morgan fingerprint density at radius 2 is 1.41 bits per heavy atom. The maximum atomic E-state index is 13.5. The molecule has 0 aliphatic carbocycles. The van der Waals surface area contributed by atoms with E-state index in [1.54, 1.807) is 56.7 Å². The Kier molecular flexibility index (Phi) is 9.04. The van der Waals surface area contributed by atoms with Crippen molar-refractivity contribution in [3.63, 3.8) is 0 Å². The van der Waals surface area contributed by atoms with Crippen LogP contribution in [0, 0.1) is 5.41 Å². The molecule has 10 nitrogen and oxygen atoms in total. The molecule has 3 aromatic carbocycles. The Morgan fingerprint density at radius 1 is 0.811 bits per heavy atom. The molecule has 3 aromatic rings. The minimum absolute atomic E-state index is 0.0413. The van der Waals surface area contributed by atoms with Crippen LogP contribution < -0.4 is 40.1 Å². The summed E-state index contributed by atoms with van der Waals surface area (Å²) >= 11 is 0. The highest BCUT2D eigenvalue weighted by molar-refractivity contribution is 5.95. The van der Waals surface area contributed by atoms with Gasteiger partial charge in [0.15, 0.2) is 23.0 Å². The molecule has 0 aliphatic rings. The van der Waals surface area contributed by atoms with E-state index < -0.39 is 6.04 Å². The third-order valence-electron chi connectivity index (χ3n) is 5.70. The number of rotatable bonds is 12. The predicted molar refractivity (Wildman–Crippen MR) is 141 cm³/mol. The molecule has 0 fully saturated rings. The largest absolute Gasteiger partial charge is 0.493 e. The number of amidine groups is 1. The van der Waals surface area contributed by atoms with Gasteiger partial charge in [-0.05, 0) is 59.7 Å². The van der Waals surface area contributed by atoms with Gasteiger partial charge in [-0.15, -0.1) is 0 Å². The molecule has 0 aliphatic heterocycles. The van der Waals surface area contributed by atoms with E-state index in [9.17, 15) is 4.79 Å². The van der Waals surface area contributed by atoms with E-state index in [4.69, 9.17) is 34.8 Å². The van der Waals surface area contributed by atoms with Gasteiger partial charge in [0.05, 0.1) is 35.5 Å². The summed E-state index contributed by atoms with van der Waals surface area (Å²) in [5.74, 6) is 2.10. The molecule has 3 rings (SSSR count). The van der Waals surface area contributed by atoms with Crippen LogP contribution in [0.3, 0.4) is 0 Å². The smallest absolute Gasteiger partial charge is 0.247 e. The maximum Gasteiger partial charge on any atom is 0.247 e. The number of benzene rings is 3. The second-order valence-electron chi connectivity index (χ2n) is 7.93. The first-order valence-electron chi connectivity index (χ1n) is 11.3. The number of anilines is 1. The van der Waals surface area contributed by atoms with Crippen molar-refractivity contribution in [3.8, 4) is 28.7 Å². The van der Waals surface area contributed by atoms with Gasteiger partial charge in [0.1, 0.15) is 11.9 Å². The van der Waals surface area contributed by atoms with Crippen molar-refractivity contribution < 1.29 is 28.5 Å². The number of methoxy groups -OCH3 is 5. The number of carbonyl (C=O) groups excluding carboxylic acids is 1. The summed E-state index contributed by atoms with van der Waals surface area (Å²) in [4.78, 5) is 13.5. The molecule has 0 bridgehead atoms. The average Bonchev–Trinajstić information content (AvgIpc) is 2.93. The second-order valence-corrected chi connectivity index (χ2v) is 7.93. The Bertz CT molecular complexity index is 1220. The standard InChI is InChI=1S/C27H32N4O6/c1-33-20-11-6-16(12-21(20)34-2)15-30-27(32)24(31-19-9-7-17(8-10-19)26(28)29)18-13-22(35-3)25(37-5)23(14-18)36-4/h6-14,24,31H,15H2,1-5H3,(H3,28,29)(H,30,32)/t24-/m0/s1. The number of nitrogens with one attached hydrogen (secondary N) is 3. The number of carbonyl (C=O) groups is 1. The fourth-order valence-corrected chi connectivity index (χ4v) is 3.76. The normalized spacial score (nSPS) is 11.2. The van der Waals surface area contributed by atoms with Crippen molar-refractivity contribution >= 4 is 17.4 Å². The summed E-state index contributed by atoms with van der Waals surface area (Å²) in [6, 6.07) is 15.0. The van der Waals surface area contributed by atoms with Crippen LogP contribution in [0.15, 0.2) is 54.6 Å². The molecule has 0 heterocycles. The van der Waals surface area contributed by atoms with E-state index in [0.717, 1.165) is 5.56 Å². The van der Waals surface area contributed by atoms with Crippen LogP contribution in [0.5, 0.6) is 28.7 Å². The SMILES string of the molecule is COc1ccc(CNC(=O)[C@@H](Nc2ccc(C(=N)N)cc2)c2cc(OC)c(OC)c(OC)c2)cc1OC. The fourth-order valence-electron chi connectivity index (χ4n) is 3.76. The molecule has 10 heteroatoms. The summed E-state index contributed by atoms with van der Waals surface area (Å²) in [6.45, 7) is 0.255. The van der Waals surface area contributed by atoms with Crippen molar-refractivity contribution in [1.29, 1.82) is 5.41 Å². The minimum Gasteiger partial charge on any atom is -0.493 e. The van der Waals surface area contributed by atoms with Crippen molar-refractivity contribution in [2.45, 2.75) is 12.6 Å². The summed E-state index contributed by atoms with van der Waals surface area (Å²) in [7, 11) is 7.67. The van der Waals surface area contributed by atoms with Crippen LogP contribution >= 0.6 is 0 Å². The van der Waals surface area contributed by atoms with Crippen molar-refractivity contribution in [2.75, 3.05) is 40.9 Å².